The lowest BCUT2D eigenvalue weighted by molar-refractivity contribution is 0.0976. The molecule has 0 saturated heterocycles. The van der Waals surface area contributed by atoms with Gasteiger partial charge in [0.2, 0.25) is 0 Å². The molecule has 1 rings (SSSR count). The predicted molar refractivity (Wildman–Crippen MR) is 58.4 cm³/mol. The summed E-state index contributed by atoms with van der Waals surface area (Å²) in [6.07, 6.45) is 6.43. The highest BCUT2D eigenvalue weighted by molar-refractivity contribution is 6.30. The van der Waals surface area contributed by atoms with Gasteiger partial charge in [-0.15, -0.1) is 12.3 Å². The first-order valence-electron chi connectivity index (χ1n) is 4.57. The van der Waals surface area contributed by atoms with Gasteiger partial charge in [0.15, 0.2) is 5.78 Å². The smallest absolute Gasteiger partial charge is 0.165 e. The molecule has 0 saturated carbocycles. The standard InChI is InChI=1S/C12H10ClFO/c1-2-3-4-5-12(15)10-7-6-9(13)8-11(10)14/h1,6-8H,3-5H2. The van der Waals surface area contributed by atoms with E-state index in [0.29, 0.717) is 12.8 Å². The Balaban J connectivity index is 2.70. The Morgan fingerprint density at radius 3 is 2.87 bits per heavy atom. The molecule has 0 spiro atoms. The van der Waals surface area contributed by atoms with Crippen LogP contribution in [0.3, 0.4) is 0 Å². The number of hydrogen-bond donors (Lipinski definition) is 0. The van der Waals surface area contributed by atoms with Crippen molar-refractivity contribution in [3.63, 3.8) is 0 Å². The van der Waals surface area contributed by atoms with E-state index in [1.165, 1.54) is 12.1 Å². The van der Waals surface area contributed by atoms with Crippen LogP contribution in [0.15, 0.2) is 18.2 Å². The summed E-state index contributed by atoms with van der Waals surface area (Å²) in [6.45, 7) is 0. The second kappa shape index (κ2) is 5.53. The molecule has 0 bridgehead atoms. The van der Waals surface area contributed by atoms with Crippen molar-refractivity contribution in [2.45, 2.75) is 19.3 Å². The quantitative estimate of drug-likeness (QED) is 0.435. The number of unbranched alkanes of at least 4 members (excludes halogenated alkanes) is 1. The summed E-state index contributed by atoms with van der Waals surface area (Å²) in [5, 5.41) is 0.285. The molecular formula is C12H10ClFO. The molecule has 0 amide bonds. The normalized spacial score (nSPS) is 9.67. The summed E-state index contributed by atoms with van der Waals surface area (Å²) in [4.78, 5) is 11.5. The molecule has 0 aliphatic carbocycles. The number of terminal acetylenes is 1. The zero-order valence-corrected chi connectivity index (χ0v) is 8.85. The lowest BCUT2D eigenvalue weighted by Crippen LogP contribution is -2.01. The van der Waals surface area contributed by atoms with E-state index in [2.05, 4.69) is 5.92 Å². The average Bonchev–Trinajstić information content (AvgIpc) is 2.17. The van der Waals surface area contributed by atoms with E-state index in [1.54, 1.807) is 0 Å². The van der Waals surface area contributed by atoms with Crippen LogP contribution in [-0.2, 0) is 0 Å². The molecule has 0 unspecified atom stereocenters. The molecule has 3 heteroatoms. The molecule has 0 aliphatic rings. The van der Waals surface area contributed by atoms with Crippen molar-refractivity contribution in [2.24, 2.45) is 0 Å². The number of Topliss-reactive ketones (excluding diaryl/α,β-unsaturated/α-hetero) is 1. The number of carbonyl (C=O) groups is 1. The zero-order chi connectivity index (χ0) is 11.3. The van der Waals surface area contributed by atoms with Crippen molar-refractivity contribution in [1.82, 2.24) is 0 Å². The first-order valence-corrected chi connectivity index (χ1v) is 4.94. The fraction of sp³-hybridized carbons (Fsp3) is 0.250. The number of halogens is 2. The summed E-state index contributed by atoms with van der Waals surface area (Å²) in [6, 6.07) is 4.03. The molecule has 0 fully saturated rings. The first kappa shape index (κ1) is 11.7. The van der Waals surface area contributed by atoms with E-state index in [-0.39, 0.29) is 22.8 Å². The molecule has 0 atom stereocenters. The van der Waals surface area contributed by atoms with Gasteiger partial charge in [-0.2, -0.15) is 0 Å². The molecule has 0 radical (unpaired) electrons. The van der Waals surface area contributed by atoms with Crippen LogP contribution in [0.2, 0.25) is 5.02 Å². The van der Waals surface area contributed by atoms with Crippen molar-refractivity contribution in [2.75, 3.05) is 0 Å². The highest BCUT2D eigenvalue weighted by Gasteiger charge is 2.11. The summed E-state index contributed by atoms with van der Waals surface area (Å²) >= 11 is 5.57. The minimum Gasteiger partial charge on any atom is -0.294 e. The van der Waals surface area contributed by atoms with Crippen molar-refractivity contribution < 1.29 is 9.18 Å². The third-order valence-electron chi connectivity index (χ3n) is 1.96. The Kier molecular flexibility index (Phi) is 4.33. The molecule has 0 heterocycles. The van der Waals surface area contributed by atoms with Crippen molar-refractivity contribution in [3.05, 3.63) is 34.6 Å². The van der Waals surface area contributed by atoms with Crippen LogP contribution < -0.4 is 0 Å². The maximum absolute atomic E-state index is 13.3. The minimum atomic E-state index is -0.576. The molecule has 1 aromatic rings. The molecule has 78 valence electrons. The van der Waals surface area contributed by atoms with Crippen molar-refractivity contribution in [3.8, 4) is 12.3 Å². The number of carbonyl (C=O) groups excluding carboxylic acids is 1. The zero-order valence-electron chi connectivity index (χ0n) is 8.09. The van der Waals surface area contributed by atoms with Gasteiger partial charge in [0.25, 0.3) is 0 Å². The Bertz CT molecular complexity index is 407. The highest BCUT2D eigenvalue weighted by atomic mass is 35.5. The van der Waals surface area contributed by atoms with Crippen LogP contribution >= 0.6 is 11.6 Å². The second-order valence-electron chi connectivity index (χ2n) is 3.11. The monoisotopic (exact) mass is 224 g/mol. The number of benzene rings is 1. The summed E-state index contributed by atoms with van der Waals surface area (Å²) in [5.74, 6) is 1.62. The number of ketones is 1. The summed E-state index contributed by atoms with van der Waals surface area (Å²) < 4.78 is 13.3. The van der Waals surface area contributed by atoms with Gasteiger partial charge in [0, 0.05) is 17.9 Å². The van der Waals surface area contributed by atoms with Crippen LogP contribution in [0.25, 0.3) is 0 Å². The average molecular weight is 225 g/mol. The molecular weight excluding hydrogens is 215 g/mol. The van der Waals surface area contributed by atoms with Crippen LogP contribution in [0.1, 0.15) is 29.6 Å². The first-order chi connectivity index (χ1) is 7.15. The predicted octanol–water partition coefficient (Wildman–Crippen LogP) is 3.47. The Morgan fingerprint density at radius 1 is 1.53 bits per heavy atom. The minimum absolute atomic E-state index is 0.0800. The lowest BCUT2D eigenvalue weighted by atomic mass is 10.1. The second-order valence-corrected chi connectivity index (χ2v) is 3.54. The molecule has 1 aromatic carbocycles. The molecule has 0 aromatic heterocycles. The molecule has 0 aliphatic heterocycles. The van der Waals surface area contributed by atoms with E-state index in [9.17, 15) is 9.18 Å². The topological polar surface area (TPSA) is 17.1 Å². The van der Waals surface area contributed by atoms with Crippen molar-refractivity contribution >= 4 is 17.4 Å². The van der Waals surface area contributed by atoms with E-state index in [0.717, 1.165) is 6.07 Å². The van der Waals surface area contributed by atoms with E-state index in [4.69, 9.17) is 18.0 Å². The van der Waals surface area contributed by atoms with Crippen LogP contribution in [0.5, 0.6) is 0 Å². The number of rotatable bonds is 4. The SMILES string of the molecule is C#CCCCC(=O)c1ccc(Cl)cc1F. The fourth-order valence-corrected chi connectivity index (χ4v) is 1.36. The maximum Gasteiger partial charge on any atom is 0.165 e. The molecule has 1 nitrogen and oxygen atoms in total. The Morgan fingerprint density at radius 2 is 2.27 bits per heavy atom. The third kappa shape index (κ3) is 3.38. The van der Waals surface area contributed by atoms with Gasteiger partial charge in [-0.25, -0.2) is 4.39 Å². The van der Waals surface area contributed by atoms with Gasteiger partial charge in [-0.1, -0.05) is 11.6 Å². The van der Waals surface area contributed by atoms with E-state index >= 15 is 0 Å². The Hall–Kier alpha value is -1.33. The molecule has 15 heavy (non-hydrogen) atoms. The van der Waals surface area contributed by atoms with E-state index < -0.39 is 5.82 Å². The Labute approximate surface area is 93.3 Å². The third-order valence-corrected chi connectivity index (χ3v) is 2.19. The highest BCUT2D eigenvalue weighted by Crippen LogP contribution is 2.16. The van der Waals surface area contributed by atoms with Gasteiger partial charge >= 0.3 is 0 Å². The maximum atomic E-state index is 13.3. The van der Waals surface area contributed by atoms with Crippen LogP contribution in [0.4, 0.5) is 4.39 Å². The summed E-state index contributed by atoms with van der Waals surface area (Å²) in [7, 11) is 0. The largest absolute Gasteiger partial charge is 0.294 e. The number of hydrogen-bond acceptors (Lipinski definition) is 1. The van der Waals surface area contributed by atoms with Crippen molar-refractivity contribution in [1.29, 1.82) is 0 Å². The summed E-state index contributed by atoms with van der Waals surface area (Å²) in [5.41, 5.74) is 0.0800. The lowest BCUT2D eigenvalue weighted by Gasteiger charge is -2.01. The van der Waals surface area contributed by atoms with Gasteiger partial charge < -0.3 is 0 Å². The fourth-order valence-electron chi connectivity index (χ4n) is 1.20. The van der Waals surface area contributed by atoms with Gasteiger partial charge in [-0.05, 0) is 24.6 Å². The van der Waals surface area contributed by atoms with Crippen LogP contribution in [0, 0.1) is 18.2 Å². The van der Waals surface area contributed by atoms with Gasteiger partial charge in [0.1, 0.15) is 5.82 Å². The van der Waals surface area contributed by atoms with Gasteiger partial charge in [-0.3, -0.25) is 4.79 Å². The van der Waals surface area contributed by atoms with Gasteiger partial charge in [0.05, 0.1) is 5.56 Å². The molecule has 0 N–H and O–H groups in total. The van der Waals surface area contributed by atoms with Crippen LogP contribution in [-0.4, -0.2) is 5.78 Å². The van der Waals surface area contributed by atoms with E-state index in [1.807, 2.05) is 0 Å².